The van der Waals surface area contributed by atoms with Crippen molar-refractivity contribution in [3.63, 3.8) is 0 Å². The first-order valence-electron chi connectivity index (χ1n) is 4.53. The summed E-state index contributed by atoms with van der Waals surface area (Å²) in [6, 6.07) is 0. The van der Waals surface area contributed by atoms with Gasteiger partial charge in [-0.15, -0.1) is 11.8 Å². The Kier molecular flexibility index (Phi) is 3.09. The van der Waals surface area contributed by atoms with Crippen LogP contribution in [-0.2, 0) is 9.59 Å². The molecule has 2 N–H and O–H groups in total. The third kappa shape index (κ3) is 2.64. The predicted molar refractivity (Wildman–Crippen MR) is 56.9 cm³/mol. The molecule has 1 aliphatic heterocycles. The van der Waals surface area contributed by atoms with Gasteiger partial charge in [0.25, 0.3) is 0 Å². The Balaban J connectivity index is 2.84. The number of nitrogens with two attached hydrogens (primary N) is 1. The monoisotopic (exact) mass is 216 g/mol. The summed E-state index contributed by atoms with van der Waals surface area (Å²) in [6.07, 6.45) is 0.456. The van der Waals surface area contributed by atoms with Crippen LogP contribution in [0.1, 0.15) is 20.3 Å². The zero-order valence-corrected chi connectivity index (χ0v) is 9.56. The summed E-state index contributed by atoms with van der Waals surface area (Å²) < 4.78 is -0.207. The molecule has 0 spiro atoms. The first-order chi connectivity index (χ1) is 6.32. The van der Waals surface area contributed by atoms with Gasteiger partial charge in [0.2, 0.25) is 11.8 Å². The van der Waals surface area contributed by atoms with Gasteiger partial charge in [-0.2, -0.15) is 0 Å². The van der Waals surface area contributed by atoms with Gasteiger partial charge in [0.1, 0.15) is 5.25 Å². The second kappa shape index (κ2) is 3.81. The van der Waals surface area contributed by atoms with Gasteiger partial charge in [-0.3, -0.25) is 9.59 Å². The van der Waals surface area contributed by atoms with Gasteiger partial charge >= 0.3 is 0 Å². The Morgan fingerprint density at radius 3 is 2.71 bits per heavy atom. The number of rotatable bonds is 1. The highest BCUT2D eigenvalue weighted by Gasteiger charge is 2.35. The molecule has 1 atom stereocenters. The lowest BCUT2D eigenvalue weighted by atomic mass is 10.1. The molecule has 0 aromatic heterocycles. The van der Waals surface area contributed by atoms with Crippen LogP contribution in [0, 0.1) is 0 Å². The minimum absolute atomic E-state index is 0.0752. The van der Waals surface area contributed by atoms with Gasteiger partial charge in [0, 0.05) is 24.8 Å². The van der Waals surface area contributed by atoms with Crippen molar-refractivity contribution in [2.75, 3.05) is 13.6 Å². The van der Waals surface area contributed by atoms with E-state index in [1.165, 1.54) is 11.8 Å². The quantitative estimate of drug-likeness (QED) is 0.681. The number of thioether (sulfide) groups is 1. The second-order valence-electron chi connectivity index (χ2n) is 4.22. The average molecular weight is 216 g/mol. The molecule has 0 bridgehead atoms. The van der Waals surface area contributed by atoms with Crippen LogP contribution in [0.5, 0.6) is 0 Å². The fourth-order valence-electron chi connectivity index (χ4n) is 1.46. The Hall–Kier alpha value is -0.710. The molecule has 1 heterocycles. The third-order valence-corrected chi connectivity index (χ3v) is 3.67. The molecule has 1 unspecified atom stereocenters. The number of nitrogens with zero attached hydrogens (tertiary/aromatic N) is 1. The lowest BCUT2D eigenvalue weighted by molar-refractivity contribution is -0.130. The zero-order chi connectivity index (χ0) is 10.9. The van der Waals surface area contributed by atoms with Gasteiger partial charge in [-0.1, -0.05) is 13.8 Å². The number of primary amides is 1. The fourth-order valence-corrected chi connectivity index (χ4v) is 2.85. The van der Waals surface area contributed by atoms with E-state index >= 15 is 0 Å². The van der Waals surface area contributed by atoms with Crippen molar-refractivity contribution in [3.05, 3.63) is 0 Å². The molecule has 1 saturated heterocycles. The number of amides is 2. The van der Waals surface area contributed by atoms with E-state index in [4.69, 9.17) is 5.73 Å². The smallest absolute Gasteiger partial charge is 0.232 e. The molecular weight excluding hydrogens is 200 g/mol. The highest BCUT2D eigenvalue weighted by Crippen LogP contribution is 2.35. The van der Waals surface area contributed by atoms with E-state index in [9.17, 15) is 9.59 Å². The topological polar surface area (TPSA) is 63.4 Å². The third-order valence-electron chi connectivity index (χ3n) is 2.22. The molecule has 1 aliphatic rings. The van der Waals surface area contributed by atoms with E-state index in [0.29, 0.717) is 13.0 Å². The number of carbonyl (C=O) groups is 2. The normalized spacial score (nSPS) is 27.2. The summed E-state index contributed by atoms with van der Waals surface area (Å²) in [5.74, 6) is -0.268. The molecule has 0 aliphatic carbocycles. The summed E-state index contributed by atoms with van der Waals surface area (Å²) in [5.41, 5.74) is 5.27. The van der Waals surface area contributed by atoms with Gasteiger partial charge < -0.3 is 10.6 Å². The molecule has 5 heteroatoms. The predicted octanol–water partition coefficient (Wildman–Crippen LogP) is 0.214. The van der Waals surface area contributed by atoms with Crippen molar-refractivity contribution in [2.24, 2.45) is 5.73 Å². The number of carbonyl (C=O) groups excluding carboxylic acids is 2. The lowest BCUT2D eigenvalue weighted by Gasteiger charge is -2.22. The van der Waals surface area contributed by atoms with Crippen LogP contribution in [0.15, 0.2) is 0 Å². The zero-order valence-electron chi connectivity index (χ0n) is 8.74. The maximum atomic E-state index is 11.6. The highest BCUT2D eigenvalue weighted by atomic mass is 32.2. The van der Waals surface area contributed by atoms with Gasteiger partial charge in [-0.25, -0.2) is 0 Å². The molecule has 0 saturated carbocycles. The standard InChI is InChI=1S/C9H16N2O2S/c1-9(2)4-7(12)11(3)5-6(14-9)8(10)13/h6H,4-5H2,1-3H3,(H2,10,13). The van der Waals surface area contributed by atoms with E-state index in [2.05, 4.69) is 0 Å². The van der Waals surface area contributed by atoms with E-state index in [0.717, 1.165) is 0 Å². The largest absolute Gasteiger partial charge is 0.369 e. The van der Waals surface area contributed by atoms with Crippen molar-refractivity contribution in [3.8, 4) is 0 Å². The average Bonchev–Trinajstić information content (AvgIpc) is 2.09. The molecule has 4 nitrogen and oxygen atoms in total. The first kappa shape index (κ1) is 11.4. The molecule has 0 radical (unpaired) electrons. The summed E-state index contributed by atoms with van der Waals surface area (Å²) in [5, 5.41) is -0.290. The van der Waals surface area contributed by atoms with Gasteiger partial charge in [0.05, 0.1) is 0 Å². The van der Waals surface area contributed by atoms with Gasteiger partial charge in [0.15, 0.2) is 0 Å². The van der Waals surface area contributed by atoms with Crippen LogP contribution in [0.4, 0.5) is 0 Å². The number of hydrogen-bond acceptors (Lipinski definition) is 3. The minimum atomic E-state index is -0.343. The number of hydrogen-bond donors (Lipinski definition) is 1. The second-order valence-corrected chi connectivity index (χ2v) is 6.13. The summed E-state index contributed by atoms with van der Waals surface area (Å²) >= 11 is 1.49. The molecule has 0 aromatic carbocycles. The molecule has 0 aromatic rings. The summed E-state index contributed by atoms with van der Waals surface area (Å²) in [6.45, 7) is 4.34. The maximum Gasteiger partial charge on any atom is 0.232 e. The van der Waals surface area contributed by atoms with Crippen LogP contribution in [0.2, 0.25) is 0 Å². The molecule has 80 valence electrons. The SMILES string of the molecule is CN1CC(C(N)=O)SC(C)(C)CC1=O. The molecule has 14 heavy (non-hydrogen) atoms. The minimum Gasteiger partial charge on any atom is -0.369 e. The Labute approximate surface area is 88.2 Å². The van der Waals surface area contributed by atoms with Crippen molar-refractivity contribution in [2.45, 2.75) is 30.3 Å². The fraction of sp³-hybridized carbons (Fsp3) is 0.778. The lowest BCUT2D eigenvalue weighted by Crippen LogP contribution is -2.37. The summed E-state index contributed by atoms with van der Waals surface area (Å²) in [7, 11) is 1.71. The van der Waals surface area contributed by atoms with Crippen molar-refractivity contribution in [1.29, 1.82) is 0 Å². The summed E-state index contributed by atoms with van der Waals surface area (Å²) in [4.78, 5) is 24.2. The maximum absolute atomic E-state index is 11.6. The van der Waals surface area contributed by atoms with Crippen molar-refractivity contribution < 1.29 is 9.59 Å². The van der Waals surface area contributed by atoms with E-state index in [1.54, 1.807) is 11.9 Å². The Bertz CT molecular complexity index is 266. The van der Waals surface area contributed by atoms with Crippen LogP contribution < -0.4 is 5.73 Å². The van der Waals surface area contributed by atoms with Crippen LogP contribution in [-0.4, -0.2) is 40.3 Å². The van der Waals surface area contributed by atoms with Crippen LogP contribution in [0.3, 0.4) is 0 Å². The Morgan fingerprint density at radius 2 is 2.21 bits per heavy atom. The Morgan fingerprint density at radius 1 is 1.64 bits per heavy atom. The molecular formula is C9H16N2O2S. The molecule has 2 amide bonds. The first-order valence-corrected chi connectivity index (χ1v) is 5.41. The highest BCUT2D eigenvalue weighted by molar-refractivity contribution is 8.02. The van der Waals surface area contributed by atoms with Gasteiger partial charge in [-0.05, 0) is 0 Å². The van der Waals surface area contributed by atoms with Crippen molar-refractivity contribution >= 4 is 23.6 Å². The molecule has 1 fully saturated rings. The van der Waals surface area contributed by atoms with Crippen LogP contribution >= 0.6 is 11.8 Å². The van der Waals surface area contributed by atoms with E-state index in [-0.39, 0.29) is 21.8 Å². The van der Waals surface area contributed by atoms with E-state index < -0.39 is 0 Å². The molecule has 1 rings (SSSR count). The van der Waals surface area contributed by atoms with Crippen molar-refractivity contribution in [1.82, 2.24) is 4.90 Å². The van der Waals surface area contributed by atoms with E-state index in [1.807, 2.05) is 13.8 Å². The van der Waals surface area contributed by atoms with Crippen LogP contribution in [0.25, 0.3) is 0 Å².